The van der Waals surface area contributed by atoms with E-state index in [1.54, 1.807) is 24.3 Å². The molecule has 1 atom stereocenters. The van der Waals surface area contributed by atoms with E-state index in [0.717, 1.165) is 19.3 Å². The topological polar surface area (TPSA) is 54.4 Å². The molecular weight excluding hydrogens is 236 g/mol. The molecule has 0 aromatic heterocycles. The van der Waals surface area contributed by atoms with Crippen LogP contribution < -0.4 is 0 Å². The average molecular weight is 254 g/mol. The Morgan fingerprint density at radius 1 is 1.29 bits per heavy atom. The molecule has 17 heavy (non-hydrogen) atoms. The summed E-state index contributed by atoms with van der Waals surface area (Å²) < 4.78 is 11.8. The molecule has 3 nitrogen and oxygen atoms in total. The second kappa shape index (κ2) is 7.22. The summed E-state index contributed by atoms with van der Waals surface area (Å²) in [4.78, 5) is 11.0. The van der Waals surface area contributed by atoms with Crippen molar-refractivity contribution in [2.45, 2.75) is 31.9 Å². The third-order valence-electron chi connectivity index (χ3n) is 2.54. The van der Waals surface area contributed by atoms with Gasteiger partial charge in [0.1, 0.15) is 0 Å². The van der Waals surface area contributed by atoms with Gasteiger partial charge >= 0.3 is 5.97 Å². The van der Waals surface area contributed by atoms with E-state index in [0.29, 0.717) is 17.1 Å². The Labute approximate surface area is 104 Å². The van der Waals surface area contributed by atoms with Crippen LogP contribution in [0, 0.1) is 0 Å². The maximum absolute atomic E-state index is 11.8. The molecule has 1 rings (SSSR count). The van der Waals surface area contributed by atoms with E-state index in [9.17, 15) is 9.00 Å². The highest BCUT2D eigenvalue weighted by molar-refractivity contribution is 7.84. The van der Waals surface area contributed by atoms with Crippen LogP contribution in [0.2, 0.25) is 0 Å². The molecule has 0 radical (unpaired) electrons. The van der Waals surface area contributed by atoms with E-state index >= 15 is 0 Å². The summed E-state index contributed by atoms with van der Waals surface area (Å²) in [6.07, 6.45) is 3.12. The number of carboxylic acids is 1. The zero-order valence-corrected chi connectivity index (χ0v) is 10.8. The van der Waals surface area contributed by atoms with Crippen molar-refractivity contribution in [1.82, 2.24) is 0 Å². The number of carbonyl (C=O) groups is 1. The highest BCUT2D eigenvalue weighted by Gasteiger charge is 2.11. The molecule has 0 aliphatic heterocycles. The predicted molar refractivity (Wildman–Crippen MR) is 69.6 cm³/mol. The quantitative estimate of drug-likeness (QED) is 0.761. The van der Waals surface area contributed by atoms with E-state index in [1.807, 2.05) is 0 Å². The van der Waals surface area contributed by atoms with Crippen LogP contribution in [-0.4, -0.2) is 21.0 Å². The molecule has 0 aliphatic carbocycles. The molecule has 0 saturated heterocycles. The lowest BCUT2D eigenvalue weighted by Crippen LogP contribution is -2.07. The minimum atomic E-state index is -0.963. The van der Waals surface area contributed by atoms with Crippen molar-refractivity contribution in [3.05, 3.63) is 35.4 Å². The van der Waals surface area contributed by atoms with Crippen LogP contribution in [0.25, 0.3) is 0 Å². The lowest BCUT2D eigenvalue weighted by molar-refractivity contribution is 0.0696. The van der Waals surface area contributed by atoms with E-state index < -0.39 is 16.8 Å². The maximum atomic E-state index is 11.8. The van der Waals surface area contributed by atoms with Crippen LogP contribution in [0.15, 0.2) is 24.3 Å². The molecule has 1 N–H and O–H groups in total. The summed E-state index contributed by atoms with van der Waals surface area (Å²) >= 11 is 0. The van der Waals surface area contributed by atoms with Crippen molar-refractivity contribution in [2.75, 3.05) is 5.75 Å². The van der Waals surface area contributed by atoms with Gasteiger partial charge in [-0.3, -0.25) is 4.21 Å². The van der Waals surface area contributed by atoms with Gasteiger partial charge in [-0.2, -0.15) is 0 Å². The summed E-state index contributed by atoms with van der Waals surface area (Å²) in [5.41, 5.74) is 0.922. The molecule has 0 saturated carbocycles. The van der Waals surface area contributed by atoms with Crippen molar-refractivity contribution in [1.29, 1.82) is 0 Å². The second-order valence-electron chi connectivity index (χ2n) is 3.96. The Hall–Kier alpha value is -1.16. The second-order valence-corrected chi connectivity index (χ2v) is 5.53. The molecule has 0 heterocycles. The Bertz CT molecular complexity index is 401. The Morgan fingerprint density at radius 3 is 2.65 bits per heavy atom. The van der Waals surface area contributed by atoms with Crippen LogP contribution in [0.1, 0.15) is 42.1 Å². The van der Waals surface area contributed by atoms with Crippen LogP contribution in [0.5, 0.6) is 0 Å². The van der Waals surface area contributed by atoms with Crippen molar-refractivity contribution in [3.63, 3.8) is 0 Å². The van der Waals surface area contributed by atoms with Crippen molar-refractivity contribution in [3.8, 4) is 0 Å². The smallest absolute Gasteiger partial charge is 0.335 e. The van der Waals surface area contributed by atoms with Crippen LogP contribution in [-0.2, 0) is 16.6 Å². The van der Waals surface area contributed by atoms with E-state index in [4.69, 9.17) is 5.11 Å². The Morgan fingerprint density at radius 2 is 2.00 bits per heavy atom. The highest BCUT2D eigenvalue weighted by atomic mass is 32.2. The number of benzene rings is 1. The minimum absolute atomic E-state index is 0.261. The fourth-order valence-electron chi connectivity index (χ4n) is 1.61. The third kappa shape index (κ3) is 4.69. The van der Waals surface area contributed by atoms with Crippen molar-refractivity contribution in [2.24, 2.45) is 0 Å². The fourth-order valence-corrected chi connectivity index (χ4v) is 2.88. The highest BCUT2D eigenvalue weighted by Crippen LogP contribution is 2.12. The molecule has 0 amide bonds. The number of hydrogen-bond donors (Lipinski definition) is 1. The summed E-state index contributed by atoms with van der Waals surface area (Å²) in [5, 5.41) is 8.99. The first-order valence-corrected chi connectivity index (χ1v) is 7.30. The molecule has 94 valence electrons. The monoisotopic (exact) mass is 254 g/mol. The molecule has 0 bridgehead atoms. The van der Waals surface area contributed by atoms with Gasteiger partial charge in [-0.1, -0.05) is 38.0 Å². The van der Waals surface area contributed by atoms with Gasteiger partial charge in [0.2, 0.25) is 0 Å². The first-order valence-electron chi connectivity index (χ1n) is 5.81. The molecular formula is C13H18O3S. The molecule has 1 unspecified atom stereocenters. The number of rotatable bonds is 7. The molecule has 0 fully saturated rings. The summed E-state index contributed by atoms with van der Waals surface area (Å²) in [5.74, 6) is 0.0414. The number of hydrogen-bond acceptors (Lipinski definition) is 2. The van der Waals surface area contributed by atoms with Gasteiger partial charge in [0.05, 0.1) is 5.56 Å². The van der Waals surface area contributed by atoms with Crippen molar-refractivity contribution < 1.29 is 14.1 Å². The van der Waals surface area contributed by atoms with Gasteiger partial charge in [-0.05, 0) is 18.1 Å². The standard InChI is InChI=1S/C13H18O3S/c1-2-3-6-9-17(16)10-11-7-4-5-8-12(11)13(14)15/h4-5,7-8H,2-3,6,9-10H2,1H3,(H,14,15). The van der Waals surface area contributed by atoms with Gasteiger partial charge in [-0.25, -0.2) is 4.79 Å². The molecule has 1 aromatic carbocycles. The van der Waals surface area contributed by atoms with E-state index in [1.165, 1.54) is 0 Å². The van der Waals surface area contributed by atoms with Crippen LogP contribution in [0.3, 0.4) is 0 Å². The molecule has 0 aliphatic rings. The van der Waals surface area contributed by atoms with Gasteiger partial charge < -0.3 is 5.11 Å². The number of unbranched alkanes of at least 4 members (excludes halogenated alkanes) is 2. The molecule has 0 spiro atoms. The van der Waals surface area contributed by atoms with Gasteiger partial charge in [-0.15, -0.1) is 0 Å². The van der Waals surface area contributed by atoms with E-state index in [2.05, 4.69) is 6.92 Å². The lowest BCUT2D eigenvalue weighted by atomic mass is 10.1. The minimum Gasteiger partial charge on any atom is -0.478 e. The first kappa shape index (κ1) is 13.9. The van der Waals surface area contributed by atoms with Gasteiger partial charge in [0.25, 0.3) is 0 Å². The zero-order valence-electron chi connectivity index (χ0n) is 10.0. The average Bonchev–Trinajstić information content (AvgIpc) is 2.29. The largest absolute Gasteiger partial charge is 0.478 e. The summed E-state index contributed by atoms with van der Waals surface area (Å²) in [6, 6.07) is 6.76. The maximum Gasteiger partial charge on any atom is 0.335 e. The van der Waals surface area contributed by atoms with Crippen LogP contribution in [0.4, 0.5) is 0 Å². The van der Waals surface area contributed by atoms with Gasteiger partial charge in [0, 0.05) is 22.3 Å². The SMILES string of the molecule is CCCCCS(=O)Cc1ccccc1C(=O)O. The molecule has 4 heteroatoms. The number of aromatic carboxylic acids is 1. The fraction of sp³-hybridized carbons (Fsp3) is 0.462. The normalized spacial score (nSPS) is 12.3. The molecule has 1 aromatic rings. The number of carboxylic acid groups (broad SMARTS) is 1. The van der Waals surface area contributed by atoms with Crippen LogP contribution >= 0.6 is 0 Å². The van der Waals surface area contributed by atoms with E-state index in [-0.39, 0.29) is 5.56 Å². The Kier molecular flexibility index (Phi) is 5.91. The third-order valence-corrected chi connectivity index (χ3v) is 3.92. The van der Waals surface area contributed by atoms with Crippen molar-refractivity contribution >= 4 is 16.8 Å². The lowest BCUT2D eigenvalue weighted by Gasteiger charge is -2.05. The Balaban J connectivity index is 2.61. The first-order chi connectivity index (χ1) is 8.15. The summed E-state index contributed by atoms with van der Waals surface area (Å²) in [6.45, 7) is 2.10. The predicted octanol–water partition coefficient (Wildman–Crippen LogP) is 2.82. The zero-order chi connectivity index (χ0) is 12.7. The summed E-state index contributed by atoms with van der Waals surface area (Å²) in [7, 11) is -0.963. The van der Waals surface area contributed by atoms with Gasteiger partial charge in [0.15, 0.2) is 0 Å².